The van der Waals surface area contributed by atoms with E-state index < -0.39 is 0 Å². The van der Waals surface area contributed by atoms with Crippen LogP contribution in [-0.4, -0.2) is 29.6 Å². The lowest BCUT2D eigenvalue weighted by molar-refractivity contribution is 0.415. The van der Waals surface area contributed by atoms with E-state index in [2.05, 4.69) is 40.2 Å². The normalized spacial score (nSPS) is 18.0. The molecule has 0 spiro atoms. The van der Waals surface area contributed by atoms with Crippen molar-refractivity contribution in [2.75, 3.05) is 20.2 Å². The molecule has 0 saturated carbocycles. The standard InChI is InChI=1S/C18H19N3O/c1-22-15-6-4-5-13(11-15)17-16-7-2-3-10-21(16)18(20-17)14-8-9-19-12-14/h2-7,10-11,14,19H,8-9,12H2,1H3. The van der Waals surface area contributed by atoms with Crippen LogP contribution in [0.5, 0.6) is 5.75 Å². The summed E-state index contributed by atoms with van der Waals surface area (Å²) in [5.41, 5.74) is 3.28. The maximum absolute atomic E-state index is 5.35. The molecule has 1 saturated heterocycles. The molecule has 4 nitrogen and oxygen atoms in total. The molecule has 1 aliphatic rings. The lowest BCUT2D eigenvalue weighted by atomic mass is 10.1. The van der Waals surface area contributed by atoms with Crippen LogP contribution in [0.2, 0.25) is 0 Å². The summed E-state index contributed by atoms with van der Waals surface area (Å²) in [5.74, 6) is 2.49. The molecule has 0 amide bonds. The topological polar surface area (TPSA) is 38.6 Å². The number of aromatic nitrogens is 2. The van der Waals surface area contributed by atoms with Crippen molar-refractivity contribution in [3.05, 3.63) is 54.5 Å². The van der Waals surface area contributed by atoms with Gasteiger partial charge in [-0.15, -0.1) is 0 Å². The molecule has 3 heterocycles. The predicted molar refractivity (Wildman–Crippen MR) is 87.4 cm³/mol. The number of methoxy groups -OCH3 is 1. The average molecular weight is 293 g/mol. The fraction of sp³-hybridized carbons (Fsp3) is 0.278. The molecule has 1 aliphatic heterocycles. The highest BCUT2D eigenvalue weighted by molar-refractivity contribution is 5.78. The molecule has 112 valence electrons. The van der Waals surface area contributed by atoms with E-state index in [-0.39, 0.29) is 0 Å². The van der Waals surface area contributed by atoms with Gasteiger partial charge in [0.25, 0.3) is 0 Å². The van der Waals surface area contributed by atoms with Crippen LogP contribution >= 0.6 is 0 Å². The van der Waals surface area contributed by atoms with Gasteiger partial charge in [0.1, 0.15) is 11.6 Å². The predicted octanol–water partition coefficient (Wildman–Crippen LogP) is 3.09. The zero-order valence-corrected chi connectivity index (χ0v) is 12.6. The van der Waals surface area contributed by atoms with Gasteiger partial charge in [0.2, 0.25) is 0 Å². The molecule has 1 aromatic carbocycles. The van der Waals surface area contributed by atoms with E-state index in [9.17, 15) is 0 Å². The van der Waals surface area contributed by atoms with Crippen LogP contribution < -0.4 is 10.1 Å². The largest absolute Gasteiger partial charge is 0.497 e. The molecule has 4 rings (SSSR count). The van der Waals surface area contributed by atoms with Crippen molar-refractivity contribution in [2.24, 2.45) is 0 Å². The molecule has 1 atom stereocenters. The Morgan fingerprint density at radius 2 is 2.18 bits per heavy atom. The molecule has 0 aliphatic carbocycles. The molecular formula is C18H19N3O. The summed E-state index contributed by atoms with van der Waals surface area (Å²) < 4.78 is 7.58. The summed E-state index contributed by atoms with van der Waals surface area (Å²) in [6, 6.07) is 14.4. The van der Waals surface area contributed by atoms with Crippen molar-refractivity contribution in [3.63, 3.8) is 0 Å². The van der Waals surface area contributed by atoms with E-state index in [1.165, 1.54) is 0 Å². The first kappa shape index (κ1) is 13.3. The number of nitrogens with zero attached hydrogens (tertiary/aromatic N) is 2. The molecule has 22 heavy (non-hydrogen) atoms. The number of fused-ring (bicyclic) bond motifs is 1. The van der Waals surface area contributed by atoms with E-state index in [0.29, 0.717) is 5.92 Å². The fourth-order valence-corrected chi connectivity index (χ4v) is 3.21. The molecule has 4 heteroatoms. The Balaban J connectivity index is 1.90. The van der Waals surface area contributed by atoms with E-state index in [1.54, 1.807) is 7.11 Å². The maximum atomic E-state index is 5.35. The minimum absolute atomic E-state index is 0.481. The van der Waals surface area contributed by atoms with Gasteiger partial charge < -0.3 is 14.5 Å². The van der Waals surface area contributed by atoms with Crippen molar-refractivity contribution >= 4 is 5.52 Å². The third-order valence-corrected chi connectivity index (χ3v) is 4.34. The Hall–Kier alpha value is -2.33. The first-order chi connectivity index (χ1) is 10.9. The van der Waals surface area contributed by atoms with Crippen molar-refractivity contribution in [2.45, 2.75) is 12.3 Å². The van der Waals surface area contributed by atoms with E-state index in [4.69, 9.17) is 9.72 Å². The average Bonchev–Trinajstić information content (AvgIpc) is 3.22. The fourth-order valence-electron chi connectivity index (χ4n) is 3.21. The molecule has 1 unspecified atom stereocenters. The lowest BCUT2D eigenvalue weighted by Gasteiger charge is -2.06. The van der Waals surface area contributed by atoms with Crippen LogP contribution in [0.4, 0.5) is 0 Å². The zero-order chi connectivity index (χ0) is 14.9. The Morgan fingerprint density at radius 3 is 3.00 bits per heavy atom. The number of rotatable bonds is 3. The van der Waals surface area contributed by atoms with E-state index in [1.807, 2.05) is 18.2 Å². The Labute approximate surface area is 129 Å². The van der Waals surface area contributed by atoms with Gasteiger partial charge in [0.15, 0.2) is 0 Å². The van der Waals surface area contributed by atoms with Gasteiger partial charge in [0, 0.05) is 24.2 Å². The highest BCUT2D eigenvalue weighted by Gasteiger charge is 2.23. The van der Waals surface area contributed by atoms with Gasteiger partial charge in [-0.25, -0.2) is 4.98 Å². The molecule has 2 aromatic heterocycles. The molecule has 1 N–H and O–H groups in total. The molecule has 0 radical (unpaired) electrons. The van der Waals surface area contributed by atoms with Crippen LogP contribution in [0.15, 0.2) is 48.7 Å². The second kappa shape index (κ2) is 5.46. The second-order valence-electron chi connectivity index (χ2n) is 5.70. The Morgan fingerprint density at radius 1 is 1.23 bits per heavy atom. The zero-order valence-electron chi connectivity index (χ0n) is 12.6. The van der Waals surface area contributed by atoms with Crippen molar-refractivity contribution < 1.29 is 4.74 Å². The number of hydrogen-bond donors (Lipinski definition) is 1. The van der Waals surface area contributed by atoms with E-state index >= 15 is 0 Å². The van der Waals surface area contributed by atoms with Gasteiger partial charge in [-0.1, -0.05) is 18.2 Å². The summed E-state index contributed by atoms with van der Waals surface area (Å²) in [6.07, 6.45) is 3.26. The van der Waals surface area contributed by atoms with Gasteiger partial charge in [-0.3, -0.25) is 0 Å². The van der Waals surface area contributed by atoms with Crippen molar-refractivity contribution in [1.82, 2.24) is 14.7 Å². The van der Waals surface area contributed by atoms with Crippen LogP contribution in [0, 0.1) is 0 Å². The monoisotopic (exact) mass is 293 g/mol. The van der Waals surface area contributed by atoms with Crippen LogP contribution in [0.1, 0.15) is 18.2 Å². The second-order valence-corrected chi connectivity index (χ2v) is 5.70. The number of imidazole rings is 1. The number of benzene rings is 1. The first-order valence-corrected chi connectivity index (χ1v) is 7.69. The number of pyridine rings is 1. The summed E-state index contributed by atoms with van der Waals surface area (Å²) >= 11 is 0. The highest BCUT2D eigenvalue weighted by Crippen LogP contribution is 2.31. The van der Waals surface area contributed by atoms with E-state index in [0.717, 1.165) is 47.9 Å². The van der Waals surface area contributed by atoms with Gasteiger partial charge in [0.05, 0.1) is 18.3 Å². The molecule has 3 aromatic rings. The third kappa shape index (κ3) is 2.16. The van der Waals surface area contributed by atoms with Crippen LogP contribution in [0.3, 0.4) is 0 Å². The van der Waals surface area contributed by atoms with Crippen molar-refractivity contribution in [1.29, 1.82) is 0 Å². The van der Waals surface area contributed by atoms with Crippen molar-refractivity contribution in [3.8, 4) is 17.0 Å². The third-order valence-electron chi connectivity index (χ3n) is 4.34. The quantitative estimate of drug-likeness (QED) is 0.806. The van der Waals surface area contributed by atoms with Gasteiger partial charge >= 0.3 is 0 Å². The van der Waals surface area contributed by atoms with Gasteiger partial charge in [-0.05, 0) is 37.2 Å². The first-order valence-electron chi connectivity index (χ1n) is 7.69. The minimum atomic E-state index is 0.481. The lowest BCUT2D eigenvalue weighted by Crippen LogP contribution is -2.10. The maximum Gasteiger partial charge on any atom is 0.119 e. The van der Waals surface area contributed by atoms with Crippen LogP contribution in [-0.2, 0) is 0 Å². The Bertz CT molecular complexity index is 803. The Kier molecular flexibility index (Phi) is 3.31. The molecular weight excluding hydrogens is 274 g/mol. The summed E-state index contributed by atoms with van der Waals surface area (Å²) in [7, 11) is 1.69. The summed E-state index contributed by atoms with van der Waals surface area (Å²) in [6.45, 7) is 2.08. The molecule has 1 fully saturated rings. The van der Waals surface area contributed by atoms with Gasteiger partial charge in [-0.2, -0.15) is 0 Å². The number of hydrogen-bond acceptors (Lipinski definition) is 3. The highest BCUT2D eigenvalue weighted by atomic mass is 16.5. The number of ether oxygens (including phenoxy) is 1. The van der Waals surface area contributed by atoms with Crippen LogP contribution in [0.25, 0.3) is 16.8 Å². The SMILES string of the molecule is COc1cccc(-c2nc(C3CCNC3)n3ccccc23)c1. The summed E-state index contributed by atoms with van der Waals surface area (Å²) in [4.78, 5) is 4.98. The summed E-state index contributed by atoms with van der Waals surface area (Å²) in [5, 5.41) is 3.43. The minimum Gasteiger partial charge on any atom is -0.497 e. The number of nitrogens with one attached hydrogen (secondary N) is 1. The smallest absolute Gasteiger partial charge is 0.119 e. The molecule has 0 bridgehead atoms.